The number of fused-ring (bicyclic) bond motifs is 4. The van der Waals surface area contributed by atoms with Crippen LogP contribution in [0.5, 0.6) is 0 Å². The lowest BCUT2D eigenvalue weighted by Gasteiger charge is -2.39. The predicted octanol–water partition coefficient (Wildman–Crippen LogP) is 2.73. The van der Waals surface area contributed by atoms with Crippen LogP contribution in [0.3, 0.4) is 0 Å². The molecule has 0 heterocycles. The Balaban J connectivity index is 1.52. The van der Waals surface area contributed by atoms with Gasteiger partial charge in [0.2, 0.25) is 0 Å². The highest BCUT2D eigenvalue weighted by Gasteiger charge is 2.49. The van der Waals surface area contributed by atoms with Crippen molar-refractivity contribution in [3.63, 3.8) is 0 Å². The monoisotopic (exact) mass is 232 g/mol. The quantitative estimate of drug-likeness (QED) is 0.685. The second-order valence-electron chi connectivity index (χ2n) is 6.98. The zero-order chi connectivity index (χ0) is 11.4. The van der Waals surface area contributed by atoms with Gasteiger partial charge in [0.05, 0.1) is 0 Å². The lowest BCUT2D eigenvalue weighted by atomic mass is 9.89. The molecule has 4 saturated carbocycles. The van der Waals surface area contributed by atoms with Crippen LogP contribution in [-0.2, 0) is 4.79 Å². The van der Waals surface area contributed by atoms with Crippen LogP contribution >= 0.6 is 0 Å². The molecule has 0 saturated heterocycles. The maximum atomic E-state index is 11.4. The van der Waals surface area contributed by atoms with Crippen molar-refractivity contribution in [2.75, 3.05) is 0 Å². The van der Waals surface area contributed by atoms with E-state index in [-0.39, 0.29) is 0 Å². The molecule has 1 radical (unpaired) electrons. The first-order valence-electron chi connectivity index (χ1n) is 7.51. The summed E-state index contributed by atoms with van der Waals surface area (Å²) >= 11 is 0. The molecular formula is C15H22NO. The van der Waals surface area contributed by atoms with E-state index in [1.54, 1.807) is 0 Å². The first-order valence-corrected chi connectivity index (χ1v) is 7.51. The lowest BCUT2D eigenvalue weighted by molar-refractivity contribution is 0.130. The summed E-state index contributed by atoms with van der Waals surface area (Å²) in [6, 6.07) is 1.13. The molecule has 0 spiro atoms. The molecule has 0 aliphatic heterocycles. The van der Waals surface area contributed by atoms with Crippen LogP contribution in [0.15, 0.2) is 0 Å². The van der Waals surface area contributed by atoms with Crippen molar-refractivity contribution >= 4 is 6.41 Å². The molecule has 17 heavy (non-hydrogen) atoms. The average Bonchev–Trinajstić information content (AvgIpc) is 3.10. The topological polar surface area (TPSA) is 20.3 Å². The van der Waals surface area contributed by atoms with Crippen molar-refractivity contribution in [1.29, 1.82) is 0 Å². The molecule has 2 heteroatoms. The largest absolute Gasteiger partial charge is 0.328 e. The summed E-state index contributed by atoms with van der Waals surface area (Å²) in [7, 11) is 0. The Morgan fingerprint density at radius 3 is 1.59 bits per heavy atom. The van der Waals surface area contributed by atoms with Gasteiger partial charge in [-0.05, 0) is 62.2 Å². The van der Waals surface area contributed by atoms with Gasteiger partial charge in [0.25, 0.3) is 0 Å². The van der Waals surface area contributed by atoms with E-state index in [9.17, 15) is 4.79 Å². The van der Waals surface area contributed by atoms with Gasteiger partial charge in [0.15, 0.2) is 0 Å². The van der Waals surface area contributed by atoms with E-state index in [0.717, 1.165) is 23.7 Å². The molecule has 4 bridgehead atoms. The van der Waals surface area contributed by atoms with Gasteiger partial charge in [-0.15, -0.1) is 0 Å². The molecule has 4 fully saturated rings. The Bertz CT molecular complexity index is 301. The standard InChI is InChI=1S/C15H22NO/c17-9-16(14-7-10-1-3-12(14)5-10)15-8-11-2-4-13(15)6-11/h10-15H,1-8H2. The zero-order valence-corrected chi connectivity index (χ0v) is 10.5. The summed E-state index contributed by atoms with van der Waals surface area (Å²) in [5, 5.41) is 0. The molecule has 4 aliphatic rings. The fraction of sp³-hybridized carbons (Fsp3) is 0.933. The summed E-state index contributed by atoms with van der Waals surface area (Å²) < 4.78 is 0. The van der Waals surface area contributed by atoms with Crippen LogP contribution in [0.4, 0.5) is 0 Å². The molecule has 6 unspecified atom stereocenters. The minimum Gasteiger partial charge on any atom is -0.328 e. The minimum atomic E-state index is 0.565. The first kappa shape index (κ1) is 10.4. The van der Waals surface area contributed by atoms with Crippen LogP contribution < -0.4 is 0 Å². The van der Waals surface area contributed by atoms with Crippen LogP contribution in [0.2, 0.25) is 0 Å². The molecule has 1 amide bonds. The van der Waals surface area contributed by atoms with Gasteiger partial charge in [-0.3, -0.25) is 4.79 Å². The smallest absolute Gasteiger partial charge is 0.312 e. The maximum absolute atomic E-state index is 11.4. The van der Waals surface area contributed by atoms with E-state index >= 15 is 0 Å². The van der Waals surface area contributed by atoms with Crippen LogP contribution in [0, 0.1) is 23.7 Å². The number of rotatable bonds is 3. The fourth-order valence-electron chi connectivity index (χ4n) is 5.49. The molecule has 0 aromatic rings. The van der Waals surface area contributed by atoms with Gasteiger partial charge in [0, 0.05) is 12.1 Å². The number of carbonyl (C=O) groups excluding carboxylic acids is 1. The van der Waals surface area contributed by atoms with Gasteiger partial charge in [-0.2, -0.15) is 0 Å². The Morgan fingerprint density at radius 1 is 0.765 bits per heavy atom. The molecule has 93 valence electrons. The first-order chi connectivity index (χ1) is 8.35. The molecule has 2 nitrogen and oxygen atoms in total. The highest BCUT2D eigenvalue weighted by molar-refractivity contribution is 5.50. The molecule has 0 aromatic carbocycles. The number of nitrogens with zero attached hydrogens (tertiary/aromatic N) is 1. The van der Waals surface area contributed by atoms with E-state index in [4.69, 9.17) is 0 Å². The third kappa shape index (κ3) is 1.49. The van der Waals surface area contributed by atoms with Gasteiger partial charge in [-0.25, -0.2) is 0 Å². The van der Waals surface area contributed by atoms with Crippen molar-refractivity contribution < 1.29 is 4.79 Å². The van der Waals surface area contributed by atoms with Gasteiger partial charge >= 0.3 is 6.41 Å². The van der Waals surface area contributed by atoms with Gasteiger partial charge in [0.1, 0.15) is 0 Å². The van der Waals surface area contributed by atoms with E-state index in [0.29, 0.717) is 12.1 Å². The average molecular weight is 232 g/mol. The molecule has 6 atom stereocenters. The minimum absolute atomic E-state index is 0.565. The second-order valence-corrected chi connectivity index (χ2v) is 6.98. The van der Waals surface area contributed by atoms with Crippen molar-refractivity contribution in [2.45, 2.75) is 63.5 Å². The zero-order valence-electron chi connectivity index (χ0n) is 10.5. The summed E-state index contributed by atoms with van der Waals surface area (Å²) in [4.78, 5) is 13.6. The third-order valence-corrected chi connectivity index (χ3v) is 6.22. The Morgan fingerprint density at radius 2 is 1.29 bits per heavy atom. The summed E-state index contributed by atoms with van der Waals surface area (Å²) in [6.45, 7) is 0. The fourth-order valence-corrected chi connectivity index (χ4v) is 5.49. The van der Waals surface area contributed by atoms with Crippen molar-refractivity contribution in [3.05, 3.63) is 0 Å². The molecule has 0 N–H and O–H groups in total. The van der Waals surface area contributed by atoms with Crippen molar-refractivity contribution in [1.82, 2.24) is 4.90 Å². The molecular weight excluding hydrogens is 210 g/mol. The van der Waals surface area contributed by atoms with E-state index in [1.165, 1.54) is 51.4 Å². The lowest BCUT2D eigenvalue weighted by Crippen LogP contribution is -2.47. The highest BCUT2D eigenvalue weighted by Crippen LogP contribution is 2.51. The van der Waals surface area contributed by atoms with Crippen LogP contribution in [0.25, 0.3) is 0 Å². The number of hydrogen-bond donors (Lipinski definition) is 0. The second kappa shape index (κ2) is 3.73. The SMILES string of the molecule is O=[C]N(C1CC2CCC1C2)C1CC2CCC1C2. The van der Waals surface area contributed by atoms with E-state index in [2.05, 4.69) is 11.3 Å². The number of amides is 1. The molecule has 4 rings (SSSR count). The van der Waals surface area contributed by atoms with Crippen LogP contribution in [-0.4, -0.2) is 23.4 Å². The maximum Gasteiger partial charge on any atom is 0.312 e. The number of hydrogen-bond acceptors (Lipinski definition) is 1. The van der Waals surface area contributed by atoms with Gasteiger partial charge < -0.3 is 4.90 Å². The van der Waals surface area contributed by atoms with Gasteiger partial charge in [-0.1, -0.05) is 12.8 Å². The summed E-state index contributed by atoms with van der Waals surface area (Å²) in [6.07, 6.45) is 13.3. The normalized spacial score (nSPS) is 51.1. The summed E-state index contributed by atoms with van der Waals surface area (Å²) in [5.74, 6) is 3.50. The molecule has 0 aromatic heterocycles. The molecule has 4 aliphatic carbocycles. The van der Waals surface area contributed by atoms with E-state index in [1.807, 2.05) is 0 Å². The highest BCUT2D eigenvalue weighted by atomic mass is 16.1. The van der Waals surface area contributed by atoms with E-state index < -0.39 is 0 Å². The Kier molecular flexibility index (Phi) is 2.28. The Labute approximate surface area is 104 Å². The van der Waals surface area contributed by atoms with Crippen molar-refractivity contribution in [3.8, 4) is 0 Å². The summed E-state index contributed by atoms with van der Waals surface area (Å²) in [5.41, 5.74) is 0. The predicted molar refractivity (Wildman–Crippen MR) is 66.0 cm³/mol. The third-order valence-electron chi connectivity index (χ3n) is 6.22. The Hall–Kier alpha value is -0.530. The van der Waals surface area contributed by atoms with Crippen molar-refractivity contribution in [2.24, 2.45) is 23.7 Å². The van der Waals surface area contributed by atoms with Crippen LogP contribution in [0.1, 0.15) is 51.4 Å².